The van der Waals surface area contributed by atoms with Gasteiger partial charge in [-0.3, -0.25) is 14.9 Å². The lowest BCUT2D eigenvalue weighted by Gasteiger charge is -2.32. The van der Waals surface area contributed by atoms with Crippen molar-refractivity contribution in [3.05, 3.63) is 77.3 Å². The van der Waals surface area contributed by atoms with Crippen LogP contribution in [-0.2, 0) is 13.0 Å². The highest BCUT2D eigenvalue weighted by molar-refractivity contribution is 5.92. The lowest BCUT2D eigenvalue weighted by atomic mass is 9.87. The fourth-order valence-electron chi connectivity index (χ4n) is 5.90. The highest BCUT2D eigenvalue weighted by Gasteiger charge is 2.23. The molecule has 1 saturated heterocycles. The number of piperidine rings is 1. The van der Waals surface area contributed by atoms with E-state index in [9.17, 15) is 5.11 Å². The van der Waals surface area contributed by atoms with Crippen molar-refractivity contribution in [3.63, 3.8) is 0 Å². The minimum Gasteiger partial charge on any atom is -0.396 e. The van der Waals surface area contributed by atoms with Gasteiger partial charge in [-0.25, -0.2) is 9.50 Å². The molecular weight excluding hydrogens is 474 g/mol. The number of aliphatic hydroxyl groups is 1. The van der Waals surface area contributed by atoms with E-state index in [2.05, 4.69) is 68.0 Å². The smallest absolute Gasteiger partial charge is 0.158 e. The molecule has 0 unspecified atom stereocenters. The Morgan fingerprint density at radius 3 is 2.66 bits per heavy atom. The maximum absolute atomic E-state index is 9.62. The quantitative estimate of drug-likeness (QED) is 0.320. The van der Waals surface area contributed by atoms with Crippen molar-refractivity contribution in [2.75, 3.05) is 19.7 Å². The largest absolute Gasteiger partial charge is 0.396 e. The number of fused-ring (bicyclic) bond motifs is 2. The Kier molecular flexibility index (Phi) is 6.68. The van der Waals surface area contributed by atoms with Crippen LogP contribution >= 0.6 is 0 Å². The van der Waals surface area contributed by atoms with Gasteiger partial charge in [-0.05, 0) is 86.0 Å². The Labute approximate surface area is 222 Å². The maximum Gasteiger partial charge on any atom is 0.158 e. The molecule has 0 spiro atoms. The summed E-state index contributed by atoms with van der Waals surface area (Å²) in [4.78, 5) is 19.5. The zero-order valence-electron chi connectivity index (χ0n) is 22.4. The van der Waals surface area contributed by atoms with E-state index in [1.807, 2.05) is 30.0 Å². The summed E-state index contributed by atoms with van der Waals surface area (Å²) in [6, 6.07) is 9.11. The molecule has 5 heterocycles. The molecule has 38 heavy (non-hydrogen) atoms. The number of hydrogen-bond donors (Lipinski definition) is 2. The van der Waals surface area contributed by atoms with E-state index >= 15 is 0 Å². The Morgan fingerprint density at radius 2 is 1.92 bits per heavy atom. The summed E-state index contributed by atoms with van der Waals surface area (Å²) in [5.41, 5.74) is 9.90. The summed E-state index contributed by atoms with van der Waals surface area (Å²) in [6.07, 6.45) is 10.2. The number of aryl methyl sites for hydroxylation is 1. The second kappa shape index (κ2) is 10.3. The first-order valence-electron chi connectivity index (χ1n) is 13.6. The monoisotopic (exact) mass is 509 g/mol. The summed E-state index contributed by atoms with van der Waals surface area (Å²) >= 11 is 0. The summed E-state index contributed by atoms with van der Waals surface area (Å²) in [7, 11) is 0. The molecule has 1 aliphatic rings. The third kappa shape index (κ3) is 4.70. The molecule has 8 nitrogen and oxygen atoms in total. The van der Waals surface area contributed by atoms with Crippen molar-refractivity contribution in [1.29, 1.82) is 0 Å². The van der Waals surface area contributed by atoms with Gasteiger partial charge >= 0.3 is 0 Å². The first kappa shape index (κ1) is 24.7. The molecule has 2 N–H and O–H groups in total. The van der Waals surface area contributed by atoms with E-state index in [1.165, 1.54) is 16.5 Å². The zero-order valence-corrected chi connectivity index (χ0v) is 22.4. The van der Waals surface area contributed by atoms with Crippen molar-refractivity contribution in [2.45, 2.75) is 58.4 Å². The molecule has 4 aromatic heterocycles. The number of likely N-dealkylation sites (tertiary alicyclic amines) is 1. The first-order valence-corrected chi connectivity index (χ1v) is 13.6. The number of H-pyrrole nitrogens is 1. The minimum atomic E-state index is 0.0797. The number of aromatic nitrogens is 6. The minimum absolute atomic E-state index is 0.0797. The Hall–Kier alpha value is -3.62. The number of nitrogens with zero attached hydrogens (tertiary/aromatic N) is 6. The molecule has 5 aromatic rings. The highest BCUT2D eigenvalue weighted by Crippen LogP contribution is 2.38. The third-order valence-corrected chi connectivity index (χ3v) is 7.84. The topological polar surface area (TPSA) is 95.2 Å². The second-order valence-corrected chi connectivity index (χ2v) is 10.8. The van der Waals surface area contributed by atoms with Crippen LogP contribution < -0.4 is 0 Å². The molecule has 0 saturated carbocycles. The van der Waals surface area contributed by atoms with Gasteiger partial charge in [0.2, 0.25) is 0 Å². The number of aliphatic hydroxyl groups excluding tert-OH is 1. The van der Waals surface area contributed by atoms with E-state index in [-0.39, 0.29) is 6.61 Å². The van der Waals surface area contributed by atoms with Gasteiger partial charge in [-0.15, -0.1) is 0 Å². The molecule has 8 heteroatoms. The summed E-state index contributed by atoms with van der Waals surface area (Å²) in [5, 5.41) is 15.3. The van der Waals surface area contributed by atoms with Gasteiger partial charge in [-0.2, -0.15) is 5.10 Å². The van der Waals surface area contributed by atoms with Crippen LogP contribution in [0, 0.1) is 6.92 Å². The van der Waals surface area contributed by atoms with Gasteiger partial charge < -0.3 is 10.1 Å². The predicted molar refractivity (Wildman–Crippen MR) is 149 cm³/mol. The number of aromatic amines is 1. The first-order chi connectivity index (χ1) is 18.5. The van der Waals surface area contributed by atoms with E-state index in [4.69, 9.17) is 0 Å². The molecule has 1 aromatic carbocycles. The molecular formula is C30H35N7O. The predicted octanol–water partition coefficient (Wildman–Crippen LogP) is 5.01. The molecule has 1 fully saturated rings. The van der Waals surface area contributed by atoms with Crippen LogP contribution in [0.1, 0.15) is 66.6 Å². The second-order valence-electron chi connectivity index (χ2n) is 10.8. The molecule has 0 amide bonds. The molecule has 196 valence electrons. The van der Waals surface area contributed by atoms with Crippen LogP contribution in [-0.4, -0.2) is 59.3 Å². The van der Waals surface area contributed by atoms with Crippen LogP contribution in [0.4, 0.5) is 0 Å². The zero-order chi connectivity index (χ0) is 26.2. The van der Waals surface area contributed by atoms with E-state index < -0.39 is 0 Å². The van der Waals surface area contributed by atoms with E-state index in [0.717, 1.165) is 71.8 Å². The Morgan fingerprint density at radius 1 is 1.08 bits per heavy atom. The molecule has 1 aliphatic heterocycles. The number of pyridine rings is 1. The van der Waals surface area contributed by atoms with Crippen molar-refractivity contribution in [2.24, 2.45) is 0 Å². The van der Waals surface area contributed by atoms with Gasteiger partial charge in [0.25, 0.3) is 0 Å². The van der Waals surface area contributed by atoms with Gasteiger partial charge in [0.15, 0.2) is 5.65 Å². The van der Waals surface area contributed by atoms with Gasteiger partial charge in [0, 0.05) is 48.2 Å². The number of hydrogen-bond acceptors (Lipinski definition) is 6. The molecule has 0 bridgehead atoms. The summed E-state index contributed by atoms with van der Waals surface area (Å²) < 4.78 is 1.82. The van der Waals surface area contributed by atoms with E-state index in [1.54, 1.807) is 6.33 Å². The fraction of sp³-hybridized carbons (Fsp3) is 0.400. The van der Waals surface area contributed by atoms with Gasteiger partial charge in [0.05, 0.1) is 17.1 Å². The SMILES string of the molecule is Cc1cnc(CN2CCC(c3ccc4[nH]c(-c5cc(CCO)c6ncnn6c5)c(C(C)C)c4c3)CC2)cn1. The van der Waals surface area contributed by atoms with Crippen LogP contribution in [0.3, 0.4) is 0 Å². The highest BCUT2D eigenvalue weighted by atomic mass is 16.3. The van der Waals surface area contributed by atoms with Gasteiger partial charge in [-0.1, -0.05) is 19.9 Å². The molecule has 0 aliphatic carbocycles. The normalized spacial score (nSPS) is 15.3. The van der Waals surface area contributed by atoms with Gasteiger partial charge in [0.1, 0.15) is 6.33 Å². The number of benzene rings is 1. The van der Waals surface area contributed by atoms with Crippen LogP contribution in [0.15, 0.2) is 49.2 Å². The van der Waals surface area contributed by atoms with Crippen LogP contribution in [0.25, 0.3) is 27.8 Å². The van der Waals surface area contributed by atoms with Crippen LogP contribution in [0.5, 0.6) is 0 Å². The third-order valence-electron chi connectivity index (χ3n) is 7.84. The molecule has 6 rings (SSSR count). The number of nitrogens with one attached hydrogen (secondary N) is 1. The maximum atomic E-state index is 9.62. The van der Waals surface area contributed by atoms with Crippen molar-refractivity contribution in [1.82, 2.24) is 34.4 Å². The standard InChI is InChI=1S/C30H35N7O/c1-19(2)28-26-13-22(21-6-9-36(10-7-21)17-25-15-31-20(3)14-32-25)4-5-27(26)35-29(28)24-12-23(8-11-38)30-33-18-34-37(30)16-24/h4-5,12-16,18-19,21,35,38H,6-11,17H2,1-3H3. The van der Waals surface area contributed by atoms with Crippen molar-refractivity contribution >= 4 is 16.6 Å². The average molecular weight is 510 g/mol. The lowest BCUT2D eigenvalue weighted by Crippen LogP contribution is -2.32. The molecule has 0 atom stereocenters. The molecule has 0 radical (unpaired) electrons. The number of rotatable bonds is 7. The van der Waals surface area contributed by atoms with Crippen LogP contribution in [0.2, 0.25) is 0 Å². The Balaban J connectivity index is 1.28. The lowest BCUT2D eigenvalue weighted by molar-refractivity contribution is 0.202. The Bertz CT molecular complexity index is 1560. The van der Waals surface area contributed by atoms with E-state index in [0.29, 0.717) is 18.3 Å². The fourth-order valence-corrected chi connectivity index (χ4v) is 5.90. The summed E-state index contributed by atoms with van der Waals surface area (Å²) in [6.45, 7) is 9.57. The summed E-state index contributed by atoms with van der Waals surface area (Å²) in [5.74, 6) is 0.903. The average Bonchev–Trinajstić information content (AvgIpc) is 3.55. The van der Waals surface area contributed by atoms with Crippen molar-refractivity contribution in [3.8, 4) is 11.3 Å². The van der Waals surface area contributed by atoms with Crippen molar-refractivity contribution < 1.29 is 5.11 Å².